The second-order valence-electron chi connectivity index (χ2n) is 2.96. The van der Waals surface area contributed by atoms with Crippen molar-refractivity contribution >= 4 is 0 Å². The first-order valence-corrected chi connectivity index (χ1v) is 4.19. The molecule has 0 aromatic carbocycles. The van der Waals surface area contributed by atoms with Gasteiger partial charge < -0.3 is 15.2 Å². The van der Waals surface area contributed by atoms with Gasteiger partial charge in [0.05, 0.1) is 6.10 Å². The lowest BCUT2D eigenvalue weighted by molar-refractivity contribution is -0.00878. The first-order valence-electron chi connectivity index (χ1n) is 4.19. The van der Waals surface area contributed by atoms with Crippen LogP contribution >= 0.6 is 0 Å². The fraction of sp³-hybridized carbons (Fsp3) is 1.00. The van der Waals surface area contributed by atoms with Crippen LogP contribution in [0.1, 0.15) is 12.8 Å². The Labute approximate surface area is 67.9 Å². The summed E-state index contributed by atoms with van der Waals surface area (Å²) >= 11 is 0. The molecule has 1 aliphatic rings. The van der Waals surface area contributed by atoms with E-state index in [1.807, 2.05) is 0 Å². The Morgan fingerprint density at radius 3 is 2.64 bits per heavy atom. The van der Waals surface area contributed by atoms with Gasteiger partial charge in [-0.15, -0.1) is 0 Å². The van der Waals surface area contributed by atoms with Crippen LogP contribution in [0.25, 0.3) is 0 Å². The molecule has 66 valence electrons. The molecular formula is C8H17NO2. The third-order valence-electron chi connectivity index (χ3n) is 2.33. The predicted molar refractivity (Wildman–Crippen MR) is 43.4 cm³/mol. The number of hydrogen-bond acceptors (Lipinski definition) is 3. The lowest BCUT2D eigenvalue weighted by Gasteiger charge is -2.28. The molecular weight excluding hydrogens is 142 g/mol. The number of nitrogens with two attached hydrogens (primary N) is 1. The molecule has 0 radical (unpaired) electrons. The molecule has 1 unspecified atom stereocenters. The van der Waals surface area contributed by atoms with Crippen molar-refractivity contribution in [3.63, 3.8) is 0 Å². The van der Waals surface area contributed by atoms with Crippen molar-refractivity contribution in [3.05, 3.63) is 0 Å². The number of hydrogen-bond donors (Lipinski definition) is 1. The van der Waals surface area contributed by atoms with Crippen LogP contribution < -0.4 is 5.73 Å². The topological polar surface area (TPSA) is 44.5 Å². The number of rotatable bonds is 3. The maximum Gasteiger partial charge on any atom is 0.0723 e. The summed E-state index contributed by atoms with van der Waals surface area (Å²) in [4.78, 5) is 0. The minimum atomic E-state index is 0.235. The van der Waals surface area contributed by atoms with Gasteiger partial charge in [-0.25, -0.2) is 0 Å². The van der Waals surface area contributed by atoms with Crippen molar-refractivity contribution in [2.75, 3.05) is 26.9 Å². The fourth-order valence-electron chi connectivity index (χ4n) is 1.57. The summed E-state index contributed by atoms with van der Waals surface area (Å²) in [6.45, 7) is 2.36. The summed E-state index contributed by atoms with van der Waals surface area (Å²) in [6.07, 6.45) is 2.42. The number of ether oxygens (including phenoxy) is 2. The quantitative estimate of drug-likeness (QED) is 0.647. The molecule has 0 aliphatic carbocycles. The van der Waals surface area contributed by atoms with E-state index in [4.69, 9.17) is 15.2 Å². The molecule has 11 heavy (non-hydrogen) atoms. The Balaban J connectivity index is 2.30. The molecule has 0 amide bonds. The first-order chi connectivity index (χ1) is 5.38. The zero-order valence-corrected chi connectivity index (χ0v) is 7.08. The molecule has 3 heteroatoms. The number of methoxy groups -OCH3 is 1. The summed E-state index contributed by atoms with van der Waals surface area (Å²) in [6, 6.07) is 0. The molecule has 0 bridgehead atoms. The highest BCUT2D eigenvalue weighted by atomic mass is 16.5. The van der Waals surface area contributed by atoms with E-state index in [0.29, 0.717) is 12.5 Å². The van der Waals surface area contributed by atoms with Gasteiger partial charge >= 0.3 is 0 Å². The van der Waals surface area contributed by atoms with E-state index < -0.39 is 0 Å². The van der Waals surface area contributed by atoms with Crippen LogP contribution in [0.15, 0.2) is 0 Å². The molecule has 1 heterocycles. The SMILES string of the molecule is COC(CN)C1CCOCC1. The predicted octanol–water partition coefficient (Wildman–Crippen LogP) is 0.387. The van der Waals surface area contributed by atoms with Gasteiger partial charge in [-0.2, -0.15) is 0 Å². The van der Waals surface area contributed by atoms with E-state index in [-0.39, 0.29) is 6.10 Å². The lowest BCUT2D eigenvalue weighted by atomic mass is 9.94. The highest BCUT2D eigenvalue weighted by molar-refractivity contribution is 4.73. The summed E-state index contributed by atoms with van der Waals surface area (Å²) in [5.74, 6) is 0.610. The first kappa shape index (κ1) is 8.97. The maximum atomic E-state index is 5.55. The van der Waals surface area contributed by atoms with Gasteiger partial charge in [0, 0.05) is 26.9 Å². The van der Waals surface area contributed by atoms with Gasteiger partial charge in [-0.05, 0) is 18.8 Å². The molecule has 1 fully saturated rings. The molecule has 0 saturated carbocycles. The normalized spacial score (nSPS) is 23.5. The van der Waals surface area contributed by atoms with Gasteiger partial charge in [0.15, 0.2) is 0 Å². The highest BCUT2D eigenvalue weighted by Gasteiger charge is 2.22. The molecule has 1 saturated heterocycles. The summed E-state index contributed by atoms with van der Waals surface area (Å²) in [7, 11) is 1.73. The smallest absolute Gasteiger partial charge is 0.0723 e. The Morgan fingerprint density at radius 1 is 1.55 bits per heavy atom. The second-order valence-corrected chi connectivity index (χ2v) is 2.96. The van der Waals surface area contributed by atoms with E-state index in [1.165, 1.54) is 0 Å². The second kappa shape index (κ2) is 4.70. The molecule has 0 aromatic rings. The minimum absolute atomic E-state index is 0.235. The molecule has 0 aromatic heterocycles. The van der Waals surface area contributed by atoms with Crippen molar-refractivity contribution in [2.45, 2.75) is 18.9 Å². The van der Waals surface area contributed by atoms with E-state index >= 15 is 0 Å². The van der Waals surface area contributed by atoms with Crippen LogP contribution in [0.3, 0.4) is 0 Å². The van der Waals surface area contributed by atoms with Crippen molar-refractivity contribution in [2.24, 2.45) is 11.7 Å². The molecule has 0 spiro atoms. The van der Waals surface area contributed by atoms with Crippen molar-refractivity contribution in [1.29, 1.82) is 0 Å². The highest BCUT2D eigenvalue weighted by Crippen LogP contribution is 2.19. The Hall–Kier alpha value is -0.120. The van der Waals surface area contributed by atoms with Gasteiger partial charge in [0.1, 0.15) is 0 Å². The lowest BCUT2D eigenvalue weighted by Crippen LogP contribution is -2.34. The summed E-state index contributed by atoms with van der Waals surface area (Å²) < 4.78 is 10.5. The summed E-state index contributed by atoms with van der Waals surface area (Å²) in [5.41, 5.74) is 5.55. The van der Waals surface area contributed by atoms with E-state index in [0.717, 1.165) is 26.1 Å². The Bertz CT molecular complexity index is 98.3. The average Bonchev–Trinajstić information content (AvgIpc) is 2.09. The van der Waals surface area contributed by atoms with Crippen molar-refractivity contribution in [1.82, 2.24) is 0 Å². The largest absolute Gasteiger partial charge is 0.381 e. The monoisotopic (exact) mass is 159 g/mol. The van der Waals surface area contributed by atoms with Crippen LogP contribution in [-0.2, 0) is 9.47 Å². The van der Waals surface area contributed by atoms with Gasteiger partial charge in [-0.1, -0.05) is 0 Å². The van der Waals surface area contributed by atoms with E-state index in [1.54, 1.807) is 7.11 Å². The van der Waals surface area contributed by atoms with Crippen LogP contribution in [-0.4, -0.2) is 33.0 Å². The van der Waals surface area contributed by atoms with Crippen LogP contribution in [0, 0.1) is 5.92 Å². The van der Waals surface area contributed by atoms with E-state index in [9.17, 15) is 0 Å². The third kappa shape index (κ3) is 2.43. The standard InChI is InChI=1S/C8H17NO2/c1-10-8(6-9)7-2-4-11-5-3-7/h7-8H,2-6,9H2,1H3. The zero-order valence-electron chi connectivity index (χ0n) is 7.08. The van der Waals surface area contributed by atoms with Gasteiger partial charge in [-0.3, -0.25) is 0 Å². The minimum Gasteiger partial charge on any atom is -0.381 e. The molecule has 3 nitrogen and oxygen atoms in total. The van der Waals surface area contributed by atoms with Crippen LogP contribution in [0.5, 0.6) is 0 Å². The summed E-state index contributed by atoms with van der Waals surface area (Å²) in [5, 5.41) is 0. The molecule has 1 atom stereocenters. The van der Waals surface area contributed by atoms with E-state index in [2.05, 4.69) is 0 Å². The third-order valence-corrected chi connectivity index (χ3v) is 2.33. The molecule has 1 rings (SSSR count). The van der Waals surface area contributed by atoms with Crippen LogP contribution in [0.4, 0.5) is 0 Å². The molecule has 1 aliphatic heterocycles. The molecule has 2 N–H and O–H groups in total. The zero-order chi connectivity index (χ0) is 8.10. The average molecular weight is 159 g/mol. The van der Waals surface area contributed by atoms with Crippen molar-refractivity contribution < 1.29 is 9.47 Å². The van der Waals surface area contributed by atoms with Crippen molar-refractivity contribution in [3.8, 4) is 0 Å². The maximum absolute atomic E-state index is 5.55. The Morgan fingerprint density at radius 2 is 2.18 bits per heavy atom. The van der Waals surface area contributed by atoms with Gasteiger partial charge in [0.25, 0.3) is 0 Å². The van der Waals surface area contributed by atoms with Crippen LogP contribution in [0.2, 0.25) is 0 Å². The Kier molecular flexibility index (Phi) is 3.83. The fourth-order valence-corrected chi connectivity index (χ4v) is 1.57. The van der Waals surface area contributed by atoms with Gasteiger partial charge in [0.2, 0.25) is 0 Å².